The molecule has 1 rings (SSSR count). The monoisotopic (exact) mass is 281 g/mol. The summed E-state index contributed by atoms with van der Waals surface area (Å²) >= 11 is 0. The molecule has 0 amide bonds. The molecule has 20 heavy (non-hydrogen) atoms. The molecule has 2 N–H and O–H groups in total. The maximum atomic E-state index is 9.85. The number of methoxy groups -OCH3 is 1. The van der Waals surface area contributed by atoms with Crippen LogP contribution in [0.25, 0.3) is 0 Å². The average molecular weight is 281 g/mol. The summed E-state index contributed by atoms with van der Waals surface area (Å²) in [6, 6.07) is 10.7. The second-order valence-electron chi connectivity index (χ2n) is 5.25. The fourth-order valence-corrected chi connectivity index (χ4v) is 1.99. The van der Waals surface area contributed by atoms with Crippen LogP contribution in [-0.4, -0.2) is 50.2 Å². The second-order valence-corrected chi connectivity index (χ2v) is 5.25. The van der Waals surface area contributed by atoms with Crippen LogP contribution < -0.4 is 5.32 Å². The Morgan fingerprint density at radius 3 is 2.50 bits per heavy atom. The number of aliphatic hydroxyl groups is 1. The molecule has 0 aliphatic heterocycles. The second kappa shape index (κ2) is 9.88. The Labute approximate surface area is 122 Å². The topological polar surface area (TPSA) is 50.7 Å². The third kappa shape index (κ3) is 7.60. The number of benzene rings is 1. The highest BCUT2D eigenvalue weighted by atomic mass is 16.5. The standard InChI is InChI=1S/C16H27NO3/c1-13(9-15-7-5-4-6-8-15)17-10-16(18)12-20-14(2)11-19-3/h4-8,13-14,16-18H,9-12H2,1-3H3. The number of rotatable bonds is 10. The van der Waals surface area contributed by atoms with Gasteiger partial charge in [-0.1, -0.05) is 30.3 Å². The Bertz CT molecular complexity index is 345. The van der Waals surface area contributed by atoms with Gasteiger partial charge >= 0.3 is 0 Å². The molecule has 0 aromatic heterocycles. The SMILES string of the molecule is COCC(C)OCC(O)CNC(C)Cc1ccccc1. The Morgan fingerprint density at radius 1 is 1.15 bits per heavy atom. The lowest BCUT2D eigenvalue weighted by atomic mass is 10.1. The minimum absolute atomic E-state index is 0.0105. The predicted octanol–water partition coefficient (Wildman–Crippen LogP) is 1.62. The van der Waals surface area contributed by atoms with Gasteiger partial charge in [-0.05, 0) is 25.8 Å². The van der Waals surface area contributed by atoms with Gasteiger partial charge in [0.25, 0.3) is 0 Å². The van der Waals surface area contributed by atoms with E-state index in [0.717, 1.165) is 6.42 Å². The van der Waals surface area contributed by atoms with Crippen molar-refractivity contribution in [2.75, 3.05) is 26.9 Å². The molecule has 1 aromatic carbocycles. The normalized spacial score (nSPS) is 15.8. The van der Waals surface area contributed by atoms with Crippen LogP contribution in [0.3, 0.4) is 0 Å². The van der Waals surface area contributed by atoms with Gasteiger partial charge in [-0.25, -0.2) is 0 Å². The van der Waals surface area contributed by atoms with Crippen molar-refractivity contribution < 1.29 is 14.6 Å². The summed E-state index contributed by atoms with van der Waals surface area (Å²) in [6.07, 6.45) is 0.470. The molecule has 0 bridgehead atoms. The minimum atomic E-state index is -0.493. The van der Waals surface area contributed by atoms with Crippen LogP contribution in [0, 0.1) is 0 Å². The number of hydrogen-bond donors (Lipinski definition) is 2. The van der Waals surface area contributed by atoms with Gasteiger partial charge in [0.15, 0.2) is 0 Å². The lowest BCUT2D eigenvalue weighted by Crippen LogP contribution is -2.37. The first kappa shape index (κ1) is 17.1. The zero-order valence-corrected chi connectivity index (χ0v) is 12.7. The van der Waals surface area contributed by atoms with Crippen molar-refractivity contribution in [2.24, 2.45) is 0 Å². The van der Waals surface area contributed by atoms with Gasteiger partial charge in [0.2, 0.25) is 0 Å². The van der Waals surface area contributed by atoms with Crippen molar-refractivity contribution >= 4 is 0 Å². The van der Waals surface area contributed by atoms with Crippen molar-refractivity contribution in [1.29, 1.82) is 0 Å². The van der Waals surface area contributed by atoms with E-state index in [1.807, 2.05) is 25.1 Å². The molecule has 4 nitrogen and oxygen atoms in total. The first-order valence-electron chi connectivity index (χ1n) is 7.17. The molecular formula is C16H27NO3. The smallest absolute Gasteiger partial charge is 0.0897 e. The van der Waals surface area contributed by atoms with E-state index < -0.39 is 6.10 Å². The summed E-state index contributed by atoms with van der Waals surface area (Å²) in [7, 11) is 1.64. The number of aliphatic hydroxyl groups excluding tert-OH is 1. The molecule has 0 fully saturated rings. The van der Waals surface area contributed by atoms with E-state index in [9.17, 15) is 5.11 Å². The summed E-state index contributed by atoms with van der Waals surface area (Å²) in [4.78, 5) is 0. The highest BCUT2D eigenvalue weighted by Gasteiger charge is 2.10. The highest BCUT2D eigenvalue weighted by molar-refractivity contribution is 5.15. The van der Waals surface area contributed by atoms with Crippen molar-refractivity contribution in [3.63, 3.8) is 0 Å². The molecule has 0 spiro atoms. The predicted molar refractivity (Wildman–Crippen MR) is 80.9 cm³/mol. The number of ether oxygens (including phenoxy) is 2. The van der Waals surface area contributed by atoms with Gasteiger partial charge in [-0.3, -0.25) is 0 Å². The molecule has 0 radical (unpaired) electrons. The van der Waals surface area contributed by atoms with Gasteiger partial charge < -0.3 is 19.9 Å². The van der Waals surface area contributed by atoms with E-state index in [-0.39, 0.29) is 6.10 Å². The lowest BCUT2D eigenvalue weighted by molar-refractivity contribution is -0.0314. The van der Waals surface area contributed by atoms with Gasteiger partial charge in [0, 0.05) is 19.7 Å². The van der Waals surface area contributed by atoms with Crippen LogP contribution >= 0.6 is 0 Å². The van der Waals surface area contributed by atoms with Gasteiger partial charge in [-0.2, -0.15) is 0 Å². The Morgan fingerprint density at radius 2 is 1.85 bits per heavy atom. The molecule has 0 aliphatic carbocycles. The van der Waals surface area contributed by atoms with Crippen LogP contribution in [-0.2, 0) is 15.9 Å². The first-order valence-corrected chi connectivity index (χ1v) is 7.17. The van der Waals surface area contributed by atoms with Crippen LogP contribution in [0.4, 0.5) is 0 Å². The van der Waals surface area contributed by atoms with E-state index in [0.29, 0.717) is 25.8 Å². The molecule has 114 valence electrons. The van der Waals surface area contributed by atoms with Gasteiger partial charge in [0.05, 0.1) is 25.4 Å². The third-order valence-corrected chi connectivity index (χ3v) is 3.06. The molecule has 0 aliphatic rings. The maximum Gasteiger partial charge on any atom is 0.0897 e. The maximum absolute atomic E-state index is 9.85. The Hall–Kier alpha value is -0.940. The van der Waals surface area contributed by atoms with E-state index >= 15 is 0 Å². The molecule has 3 atom stereocenters. The fraction of sp³-hybridized carbons (Fsp3) is 0.625. The third-order valence-electron chi connectivity index (χ3n) is 3.06. The van der Waals surface area contributed by atoms with Crippen LogP contribution in [0.15, 0.2) is 30.3 Å². The summed E-state index contributed by atoms with van der Waals surface area (Å²) < 4.78 is 10.5. The van der Waals surface area contributed by atoms with E-state index in [2.05, 4.69) is 24.4 Å². The number of nitrogens with one attached hydrogen (secondary N) is 1. The molecule has 4 heteroatoms. The van der Waals surface area contributed by atoms with E-state index in [4.69, 9.17) is 9.47 Å². The Balaban J connectivity index is 2.15. The van der Waals surface area contributed by atoms with Crippen LogP contribution in [0.5, 0.6) is 0 Å². The molecular weight excluding hydrogens is 254 g/mol. The summed E-state index contributed by atoms with van der Waals surface area (Å²) in [5.74, 6) is 0. The zero-order chi connectivity index (χ0) is 14.8. The van der Waals surface area contributed by atoms with Crippen LogP contribution in [0.2, 0.25) is 0 Å². The summed E-state index contributed by atoms with van der Waals surface area (Å²) in [5.41, 5.74) is 1.30. The van der Waals surface area contributed by atoms with Gasteiger partial charge in [0.1, 0.15) is 0 Å². The van der Waals surface area contributed by atoms with Crippen molar-refractivity contribution in [3.8, 4) is 0 Å². The van der Waals surface area contributed by atoms with Crippen molar-refractivity contribution in [2.45, 2.75) is 38.5 Å². The first-order chi connectivity index (χ1) is 9.61. The number of hydrogen-bond acceptors (Lipinski definition) is 4. The quantitative estimate of drug-likeness (QED) is 0.684. The highest BCUT2D eigenvalue weighted by Crippen LogP contribution is 2.02. The van der Waals surface area contributed by atoms with Crippen molar-refractivity contribution in [3.05, 3.63) is 35.9 Å². The van der Waals surface area contributed by atoms with E-state index in [1.54, 1.807) is 7.11 Å². The van der Waals surface area contributed by atoms with Crippen LogP contribution in [0.1, 0.15) is 19.4 Å². The lowest BCUT2D eigenvalue weighted by Gasteiger charge is -2.19. The minimum Gasteiger partial charge on any atom is -0.389 e. The molecule has 0 saturated heterocycles. The van der Waals surface area contributed by atoms with E-state index in [1.165, 1.54) is 5.56 Å². The summed E-state index contributed by atoms with van der Waals surface area (Å²) in [6.45, 7) is 5.46. The summed E-state index contributed by atoms with van der Waals surface area (Å²) in [5, 5.41) is 13.2. The molecule has 0 saturated carbocycles. The van der Waals surface area contributed by atoms with Gasteiger partial charge in [-0.15, -0.1) is 0 Å². The Kier molecular flexibility index (Phi) is 8.46. The molecule has 3 unspecified atom stereocenters. The average Bonchev–Trinajstić information content (AvgIpc) is 2.44. The molecule has 0 heterocycles. The fourth-order valence-electron chi connectivity index (χ4n) is 1.99. The molecule has 1 aromatic rings. The van der Waals surface area contributed by atoms with Crippen molar-refractivity contribution in [1.82, 2.24) is 5.32 Å². The zero-order valence-electron chi connectivity index (χ0n) is 12.7. The largest absolute Gasteiger partial charge is 0.389 e.